The number of aryl methyl sites for hydroxylation is 1. The average molecular weight is 434 g/mol. The first kappa shape index (κ1) is 24.5. The van der Waals surface area contributed by atoms with E-state index >= 15 is 0 Å². The lowest BCUT2D eigenvalue weighted by Gasteiger charge is -2.13. The number of aromatic nitrogens is 3. The van der Waals surface area contributed by atoms with Crippen molar-refractivity contribution in [2.75, 3.05) is 7.05 Å². The first-order valence-corrected chi connectivity index (χ1v) is 10.6. The molecule has 2 aromatic heterocycles. The fourth-order valence-corrected chi connectivity index (χ4v) is 3.00. The summed E-state index contributed by atoms with van der Waals surface area (Å²) in [6, 6.07) is 9.08. The molecule has 1 N–H and O–H groups in total. The van der Waals surface area contributed by atoms with Gasteiger partial charge in [-0.2, -0.15) is 5.10 Å². The van der Waals surface area contributed by atoms with Gasteiger partial charge in [-0.15, -0.1) is 0 Å². The molecule has 7 heteroatoms. The number of hydrogen-bond acceptors (Lipinski definition) is 5. The first-order valence-electron chi connectivity index (χ1n) is 10.6. The molecule has 0 bridgehead atoms. The van der Waals surface area contributed by atoms with Gasteiger partial charge in [0, 0.05) is 67.6 Å². The van der Waals surface area contributed by atoms with Gasteiger partial charge >= 0.3 is 0 Å². The number of benzene rings is 1. The molecule has 0 aliphatic rings. The van der Waals surface area contributed by atoms with Crippen LogP contribution in [-0.2, 0) is 13.6 Å². The fourth-order valence-electron chi connectivity index (χ4n) is 3.00. The van der Waals surface area contributed by atoms with Crippen molar-refractivity contribution in [3.8, 4) is 11.5 Å². The molecule has 168 valence electrons. The van der Waals surface area contributed by atoms with Crippen LogP contribution < -0.4 is 10.1 Å². The summed E-state index contributed by atoms with van der Waals surface area (Å²) in [4.78, 5) is 21.1. The summed E-state index contributed by atoms with van der Waals surface area (Å²) in [6.45, 7) is 8.22. The molecule has 0 saturated heterocycles. The predicted molar refractivity (Wildman–Crippen MR) is 129 cm³/mol. The molecule has 0 radical (unpaired) electrons. The maximum atomic E-state index is 12.7. The standard InChI is InChI=1S/C23H25N5O2.C2H6/c1-5-18(14-24-3)21-11-19(9-10-25-21)30-22-8-6-7-20(16(22)2)23(29)26-12-17-13-27-28(4)15-17;1-2/h5-11,13-15H,12H2,1-4H3,(H,26,29);1-2H3/b18-5+,24-14?;. The van der Waals surface area contributed by atoms with Crippen LogP contribution in [0.15, 0.2) is 60.0 Å². The molecule has 0 spiro atoms. The molecule has 0 atom stereocenters. The summed E-state index contributed by atoms with van der Waals surface area (Å²) >= 11 is 0. The maximum Gasteiger partial charge on any atom is 0.251 e. The van der Waals surface area contributed by atoms with Crippen molar-refractivity contribution in [2.24, 2.45) is 12.0 Å². The van der Waals surface area contributed by atoms with Crippen LogP contribution in [0.1, 0.15) is 48.0 Å². The van der Waals surface area contributed by atoms with Gasteiger partial charge in [-0.25, -0.2) is 0 Å². The molecule has 7 nitrogen and oxygen atoms in total. The van der Waals surface area contributed by atoms with E-state index in [0.717, 1.165) is 22.4 Å². The molecule has 32 heavy (non-hydrogen) atoms. The van der Waals surface area contributed by atoms with Gasteiger partial charge in [-0.3, -0.25) is 19.5 Å². The van der Waals surface area contributed by atoms with E-state index in [9.17, 15) is 4.79 Å². The van der Waals surface area contributed by atoms with Crippen molar-refractivity contribution < 1.29 is 9.53 Å². The van der Waals surface area contributed by atoms with Gasteiger partial charge in [-0.1, -0.05) is 26.0 Å². The van der Waals surface area contributed by atoms with Gasteiger partial charge in [0.25, 0.3) is 5.91 Å². The van der Waals surface area contributed by atoms with Crippen molar-refractivity contribution in [1.82, 2.24) is 20.1 Å². The third-order valence-electron chi connectivity index (χ3n) is 4.57. The van der Waals surface area contributed by atoms with E-state index < -0.39 is 0 Å². The molecular formula is C25H31N5O2. The summed E-state index contributed by atoms with van der Waals surface area (Å²) in [7, 11) is 3.56. The Kier molecular flexibility index (Phi) is 9.35. The van der Waals surface area contributed by atoms with Gasteiger partial charge in [0.15, 0.2) is 0 Å². The predicted octanol–water partition coefficient (Wildman–Crippen LogP) is 4.98. The number of allylic oxidation sites excluding steroid dienone is 2. The van der Waals surface area contributed by atoms with Crippen LogP contribution in [0, 0.1) is 6.92 Å². The number of amides is 1. The van der Waals surface area contributed by atoms with Gasteiger partial charge in [0.2, 0.25) is 0 Å². The van der Waals surface area contributed by atoms with Crippen LogP contribution in [0.3, 0.4) is 0 Å². The normalized spacial score (nSPS) is 11.1. The zero-order chi connectivity index (χ0) is 23.5. The third kappa shape index (κ3) is 6.38. The lowest BCUT2D eigenvalue weighted by atomic mass is 10.1. The zero-order valence-corrected chi connectivity index (χ0v) is 19.6. The van der Waals surface area contributed by atoms with Crippen LogP contribution in [0.25, 0.3) is 5.57 Å². The number of carbonyl (C=O) groups excluding carboxylic acids is 1. The Hall–Kier alpha value is -3.74. The van der Waals surface area contributed by atoms with Crippen LogP contribution in [0.2, 0.25) is 0 Å². The van der Waals surface area contributed by atoms with Crippen molar-refractivity contribution in [2.45, 2.75) is 34.2 Å². The molecule has 1 aromatic carbocycles. The van der Waals surface area contributed by atoms with Crippen molar-refractivity contribution in [3.05, 3.63) is 77.4 Å². The van der Waals surface area contributed by atoms with E-state index in [1.165, 1.54) is 0 Å². The first-order chi connectivity index (χ1) is 15.5. The highest BCUT2D eigenvalue weighted by Gasteiger charge is 2.14. The van der Waals surface area contributed by atoms with Gasteiger partial charge in [-0.05, 0) is 32.0 Å². The van der Waals surface area contributed by atoms with E-state index in [-0.39, 0.29) is 5.91 Å². The molecule has 1 amide bonds. The minimum Gasteiger partial charge on any atom is -0.457 e. The quantitative estimate of drug-likeness (QED) is 0.533. The number of nitrogens with one attached hydrogen (secondary N) is 1. The fraction of sp³-hybridized carbons (Fsp3) is 0.280. The molecule has 0 fully saturated rings. The minimum atomic E-state index is -0.160. The Morgan fingerprint density at radius 3 is 2.72 bits per heavy atom. The van der Waals surface area contributed by atoms with Crippen LogP contribution in [-0.4, -0.2) is 33.9 Å². The summed E-state index contributed by atoms with van der Waals surface area (Å²) in [5.74, 6) is 1.10. The van der Waals surface area contributed by atoms with Crippen molar-refractivity contribution >= 4 is 17.7 Å². The molecule has 3 aromatic rings. The highest BCUT2D eigenvalue weighted by atomic mass is 16.5. The topological polar surface area (TPSA) is 81.4 Å². The number of hydrogen-bond donors (Lipinski definition) is 1. The minimum absolute atomic E-state index is 0.160. The van der Waals surface area contributed by atoms with Crippen LogP contribution in [0.4, 0.5) is 0 Å². The average Bonchev–Trinajstić information content (AvgIpc) is 3.24. The Morgan fingerprint density at radius 2 is 2.06 bits per heavy atom. The number of aliphatic imine (C=N–C) groups is 1. The maximum absolute atomic E-state index is 12.7. The second-order valence-electron chi connectivity index (χ2n) is 6.74. The third-order valence-corrected chi connectivity index (χ3v) is 4.57. The Labute approximate surface area is 189 Å². The van der Waals surface area contributed by atoms with Gasteiger partial charge in [0.05, 0.1) is 11.9 Å². The number of pyridine rings is 1. The molecule has 3 rings (SSSR count). The number of nitrogens with zero attached hydrogens (tertiary/aromatic N) is 4. The van der Waals surface area contributed by atoms with E-state index in [1.807, 2.05) is 65.2 Å². The lowest BCUT2D eigenvalue weighted by Crippen LogP contribution is -2.23. The number of ether oxygens (including phenoxy) is 1. The molecule has 0 aliphatic carbocycles. The van der Waals surface area contributed by atoms with E-state index in [4.69, 9.17) is 4.74 Å². The van der Waals surface area contributed by atoms with E-state index in [2.05, 4.69) is 20.4 Å². The monoisotopic (exact) mass is 433 g/mol. The highest BCUT2D eigenvalue weighted by molar-refractivity contribution is 6.08. The second kappa shape index (κ2) is 12.2. The summed E-state index contributed by atoms with van der Waals surface area (Å²) < 4.78 is 7.78. The summed E-state index contributed by atoms with van der Waals surface area (Å²) in [5, 5.41) is 7.04. The van der Waals surface area contributed by atoms with Crippen LogP contribution >= 0.6 is 0 Å². The Balaban J connectivity index is 0.00000176. The molecule has 0 saturated carbocycles. The molecular weight excluding hydrogens is 402 g/mol. The zero-order valence-electron chi connectivity index (χ0n) is 19.6. The Morgan fingerprint density at radius 1 is 1.28 bits per heavy atom. The highest BCUT2D eigenvalue weighted by Crippen LogP contribution is 2.28. The SMILES string of the molecule is C/C=C(\C=NC)c1cc(Oc2cccc(C(=O)NCc3cnn(C)c3)c2C)ccn1.CC. The van der Waals surface area contributed by atoms with Crippen molar-refractivity contribution in [1.29, 1.82) is 0 Å². The van der Waals surface area contributed by atoms with Gasteiger partial charge in [0.1, 0.15) is 11.5 Å². The van der Waals surface area contributed by atoms with Crippen molar-refractivity contribution in [3.63, 3.8) is 0 Å². The molecule has 0 aliphatic heterocycles. The summed E-state index contributed by atoms with van der Waals surface area (Å²) in [5.41, 5.74) is 3.95. The Bertz CT molecular complexity index is 1100. The summed E-state index contributed by atoms with van der Waals surface area (Å²) in [6.07, 6.45) is 8.99. The smallest absolute Gasteiger partial charge is 0.251 e. The molecule has 2 heterocycles. The largest absolute Gasteiger partial charge is 0.457 e. The molecule has 0 unspecified atom stereocenters. The van der Waals surface area contributed by atoms with E-state index in [0.29, 0.717) is 23.6 Å². The van der Waals surface area contributed by atoms with Gasteiger partial charge < -0.3 is 10.1 Å². The number of carbonyl (C=O) groups is 1. The van der Waals surface area contributed by atoms with Crippen LogP contribution in [0.5, 0.6) is 11.5 Å². The lowest BCUT2D eigenvalue weighted by molar-refractivity contribution is 0.0950. The number of rotatable bonds is 7. The second-order valence-corrected chi connectivity index (χ2v) is 6.74. The van der Waals surface area contributed by atoms with E-state index in [1.54, 1.807) is 42.5 Å².